The molecule has 1 atom stereocenters. The average molecular weight is 616 g/mol. The Bertz CT molecular complexity index is 1950. The van der Waals surface area contributed by atoms with E-state index < -0.39 is 24.5 Å². The van der Waals surface area contributed by atoms with Crippen molar-refractivity contribution in [2.45, 2.75) is 13.0 Å². The van der Waals surface area contributed by atoms with Crippen molar-refractivity contribution in [2.75, 3.05) is 33.3 Å². The summed E-state index contributed by atoms with van der Waals surface area (Å²) in [6, 6.07) is 18.3. The Hall–Kier alpha value is -5.36. The first-order valence-electron chi connectivity index (χ1n) is 13.4. The summed E-state index contributed by atoms with van der Waals surface area (Å²) in [6.07, 6.45) is 1.68. The predicted octanol–water partition coefficient (Wildman–Crippen LogP) is 3.36. The molecular weight excluding hydrogens is 586 g/mol. The van der Waals surface area contributed by atoms with Gasteiger partial charge in [-0.25, -0.2) is 9.79 Å². The lowest BCUT2D eigenvalue weighted by molar-refractivity contribution is -0.139. The highest BCUT2D eigenvalue weighted by Gasteiger charge is 2.34. The third-order valence-corrected chi connectivity index (χ3v) is 7.85. The molecule has 0 saturated heterocycles. The van der Waals surface area contributed by atoms with Crippen molar-refractivity contribution in [1.82, 2.24) is 4.57 Å². The van der Waals surface area contributed by atoms with E-state index in [4.69, 9.17) is 24.1 Å². The van der Waals surface area contributed by atoms with Gasteiger partial charge in [-0.2, -0.15) is 0 Å². The highest BCUT2D eigenvalue weighted by atomic mass is 32.1. The number of carbonyl (C=O) groups excluding carboxylic acids is 1. The number of hydrogen-bond acceptors (Lipinski definition) is 9. The van der Waals surface area contributed by atoms with Gasteiger partial charge in [0.15, 0.2) is 22.9 Å². The summed E-state index contributed by atoms with van der Waals surface area (Å²) >= 11 is 1.18. The van der Waals surface area contributed by atoms with Gasteiger partial charge in [0.05, 0.1) is 37.1 Å². The summed E-state index contributed by atoms with van der Waals surface area (Å²) in [5.74, 6) is 0.0295. The van der Waals surface area contributed by atoms with E-state index in [2.05, 4.69) is 10.3 Å². The number of carboxylic acid groups (broad SMARTS) is 1. The molecule has 0 fully saturated rings. The van der Waals surface area contributed by atoms with Crippen molar-refractivity contribution in [1.29, 1.82) is 0 Å². The number of aliphatic carboxylic acids is 1. The SMILES string of the molecule is COc1ccc([C@@H]2C(C(=O)Nc3ccccc3)=C(C)N=c3s/c(=C\c4ccc(OCC(=O)O)c(OC)c4)c(=O)n32)c(OC)c1. The molecule has 12 heteroatoms. The first-order valence-corrected chi connectivity index (χ1v) is 14.2. The van der Waals surface area contributed by atoms with Gasteiger partial charge < -0.3 is 29.4 Å². The molecular formula is C32H29N3O8S. The quantitative estimate of drug-likeness (QED) is 0.277. The summed E-state index contributed by atoms with van der Waals surface area (Å²) < 4.78 is 23.6. The standard InChI is InChI=1S/C32H29N3O8S/c1-18-28(30(38)34-20-8-6-5-7-9-20)29(22-12-11-21(40-2)16-24(22)41-3)35-31(39)26(44-32(35)33-18)15-19-10-13-23(25(14-19)42-4)43-17-27(36)37/h5-16,29H,17H2,1-4H3,(H,34,38)(H,36,37)/b26-15-/t29-/m1/s1. The minimum atomic E-state index is -1.12. The zero-order valence-electron chi connectivity index (χ0n) is 24.3. The Morgan fingerprint density at radius 3 is 2.41 bits per heavy atom. The zero-order valence-corrected chi connectivity index (χ0v) is 25.1. The number of aromatic nitrogens is 1. The molecule has 0 radical (unpaired) electrons. The molecule has 0 unspecified atom stereocenters. The Morgan fingerprint density at radius 1 is 0.977 bits per heavy atom. The summed E-state index contributed by atoms with van der Waals surface area (Å²) in [5.41, 5.74) is 2.18. The molecule has 0 bridgehead atoms. The van der Waals surface area contributed by atoms with Crippen molar-refractivity contribution in [3.8, 4) is 23.0 Å². The van der Waals surface area contributed by atoms with E-state index in [0.717, 1.165) is 0 Å². The number of rotatable bonds is 10. The number of amides is 1. The van der Waals surface area contributed by atoms with Crippen molar-refractivity contribution in [3.05, 3.63) is 109 Å². The number of carbonyl (C=O) groups is 2. The number of nitrogens with one attached hydrogen (secondary N) is 1. The highest BCUT2D eigenvalue weighted by molar-refractivity contribution is 7.07. The molecule has 0 aliphatic carbocycles. The first-order chi connectivity index (χ1) is 21.2. The number of fused-ring (bicyclic) bond motifs is 1. The minimum Gasteiger partial charge on any atom is -0.497 e. The fourth-order valence-corrected chi connectivity index (χ4v) is 5.90. The number of allylic oxidation sites excluding steroid dienone is 1. The van der Waals surface area contributed by atoms with Gasteiger partial charge in [-0.1, -0.05) is 35.6 Å². The van der Waals surface area contributed by atoms with Crippen LogP contribution in [0.5, 0.6) is 23.0 Å². The number of hydrogen-bond donors (Lipinski definition) is 2. The first kappa shape index (κ1) is 30.1. The van der Waals surface area contributed by atoms with E-state index in [9.17, 15) is 14.4 Å². The smallest absolute Gasteiger partial charge is 0.341 e. The van der Waals surface area contributed by atoms with Crippen LogP contribution in [0.2, 0.25) is 0 Å². The molecule has 1 aromatic heterocycles. The van der Waals surface area contributed by atoms with Crippen LogP contribution in [-0.2, 0) is 9.59 Å². The average Bonchev–Trinajstić information content (AvgIpc) is 3.33. The van der Waals surface area contributed by atoms with Gasteiger partial charge in [0.1, 0.15) is 17.5 Å². The molecule has 11 nitrogen and oxygen atoms in total. The van der Waals surface area contributed by atoms with Crippen LogP contribution in [0.3, 0.4) is 0 Å². The maximum Gasteiger partial charge on any atom is 0.341 e. The molecule has 1 aliphatic heterocycles. The van der Waals surface area contributed by atoms with E-state index in [0.29, 0.717) is 49.1 Å². The molecule has 0 spiro atoms. The highest BCUT2D eigenvalue weighted by Crippen LogP contribution is 2.37. The van der Waals surface area contributed by atoms with Gasteiger partial charge in [-0.05, 0) is 55.0 Å². The van der Waals surface area contributed by atoms with Crippen molar-refractivity contribution in [3.63, 3.8) is 0 Å². The largest absolute Gasteiger partial charge is 0.497 e. The summed E-state index contributed by atoms with van der Waals surface area (Å²) in [7, 11) is 4.49. The van der Waals surface area contributed by atoms with Crippen molar-refractivity contribution in [2.24, 2.45) is 4.99 Å². The third-order valence-electron chi connectivity index (χ3n) is 6.87. The summed E-state index contributed by atoms with van der Waals surface area (Å²) in [5, 5.41) is 11.9. The van der Waals surface area contributed by atoms with Crippen molar-refractivity contribution < 1.29 is 33.6 Å². The molecule has 2 heterocycles. The van der Waals surface area contributed by atoms with Crippen LogP contribution in [0.15, 0.2) is 87.8 Å². The normalized spacial score (nSPS) is 14.4. The second-order valence-corrected chi connectivity index (χ2v) is 10.6. The van der Waals surface area contributed by atoms with Crippen LogP contribution in [0.1, 0.15) is 24.1 Å². The van der Waals surface area contributed by atoms with E-state index in [-0.39, 0.29) is 16.9 Å². The van der Waals surface area contributed by atoms with E-state index in [1.807, 2.05) is 18.2 Å². The number of methoxy groups -OCH3 is 3. The minimum absolute atomic E-state index is 0.254. The Morgan fingerprint density at radius 2 is 1.73 bits per heavy atom. The van der Waals surface area contributed by atoms with E-state index in [1.54, 1.807) is 68.6 Å². The molecule has 226 valence electrons. The van der Waals surface area contributed by atoms with Crippen LogP contribution in [0, 0.1) is 0 Å². The Balaban J connectivity index is 1.66. The molecule has 0 saturated carbocycles. The number of ether oxygens (including phenoxy) is 4. The third kappa shape index (κ3) is 6.06. The van der Waals surface area contributed by atoms with Gasteiger partial charge >= 0.3 is 5.97 Å². The van der Waals surface area contributed by atoms with Crippen LogP contribution in [0.25, 0.3) is 6.08 Å². The van der Waals surface area contributed by atoms with Crippen LogP contribution >= 0.6 is 11.3 Å². The number of anilines is 1. The molecule has 4 aromatic rings. The molecule has 3 aromatic carbocycles. The fourth-order valence-electron chi connectivity index (χ4n) is 4.85. The second-order valence-electron chi connectivity index (χ2n) is 9.60. The Kier molecular flexibility index (Phi) is 8.81. The van der Waals surface area contributed by atoms with Gasteiger partial charge in [-0.15, -0.1) is 0 Å². The Labute approximate surface area is 255 Å². The van der Waals surface area contributed by atoms with Gasteiger partial charge in [0.25, 0.3) is 11.5 Å². The van der Waals surface area contributed by atoms with Gasteiger partial charge in [0.2, 0.25) is 0 Å². The van der Waals surface area contributed by atoms with Crippen LogP contribution in [-0.4, -0.2) is 49.5 Å². The van der Waals surface area contributed by atoms with E-state index >= 15 is 0 Å². The number of thiazole rings is 1. The second kappa shape index (κ2) is 12.9. The van der Waals surface area contributed by atoms with Crippen molar-refractivity contribution >= 4 is 35.0 Å². The lowest BCUT2D eigenvalue weighted by Gasteiger charge is -2.26. The molecule has 44 heavy (non-hydrogen) atoms. The monoisotopic (exact) mass is 615 g/mol. The van der Waals surface area contributed by atoms with Gasteiger partial charge in [0, 0.05) is 17.3 Å². The topological polar surface area (TPSA) is 138 Å². The molecule has 5 rings (SSSR count). The van der Waals surface area contributed by atoms with E-state index in [1.165, 1.54) is 30.1 Å². The number of benzene rings is 3. The molecule has 2 N–H and O–H groups in total. The fraction of sp³-hybridized carbons (Fsp3) is 0.188. The van der Waals surface area contributed by atoms with Crippen LogP contribution in [0.4, 0.5) is 5.69 Å². The maximum absolute atomic E-state index is 14.1. The zero-order chi connectivity index (χ0) is 31.4. The lowest BCUT2D eigenvalue weighted by Crippen LogP contribution is -2.40. The summed E-state index contributed by atoms with van der Waals surface area (Å²) in [4.78, 5) is 43.9. The lowest BCUT2D eigenvalue weighted by atomic mass is 9.94. The number of para-hydroxylation sites is 1. The number of nitrogens with zero attached hydrogens (tertiary/aromatic N) is 2. The molecule has 1 amide bonds. The maximum atomic E-state index is 14.1. The number of carboxylic acids is 1. The predicted molar refractivity (Wildman–Crippen MR) is 165 cm³/mol. The van der Waals surface area contributed by atoms with Crippen LogP contribution < -0.4 is 39.2 Å². The molecule has 1 aliphatic rings. The van der Waals surface area contributed by atoms with Gasteiger partial charge in [-0.3, -0.25) is 14.2 Å². The summed E-state index contributed by atoms with van der Waals surface area (Å²) in [6.45, 7) is 1.21.